The Bertz CT molecular complexity index is 724. The molecule has 1 saturated heterocycles. The average Bonchev–Trinajstić information content (AvgIpc) is 3.17. The fraction of sp³-hybridized carbons (Fsp3) is 0.389. The van der Waals surface area contributed by atoms with E-state index in [1.54, 1.807) is 0 Å². The van der Waals surface area contributed by atoms with E-state index in [9.17, 15) is 9.59 Å². The number of benzene rings is 1. The van der Waals surface area contributed by atoms with Crippen molar-refractivity contribution in [1.29, 1.82) is 0 Å². The summed E-state index contributed by atoms with van der Waals surface area (Å²) in [6, 6.07) is 9.63. The van der Waals surface area contributed by atoms with Crippen molar-refractivity contribution in [1.82, 2.24) is 15.4 Å². The molecule has 2 heterocycles. The molecule has 2 amide bonds. The normalized spacial score (nSPS) is 16.0. The number of carbonyl (C=O) groups is 2. The number of nitrogens with zero attached hydrogens (tertiary/aromatic N) is 2. The smallest absolute Gasteiger partial charge is 0.314 e. The van der Waals surface area contributed by atoms with Crippen LogP contribution in [-0.2, 0) is 14.3 Å². The molecule has 1 fully saturated rings. The first-order chi connectivity index (χ1) is 12.6. The van der Waals surface area contributed by atoms with Crippen molar-refractivity contribution >= 4 is 17.6 Å². The van der Waals surface area contributed by atoms with Crippen LogP contribution in [0.4, 0.5) is 5.82 Å². The Morgan fingerprint density at radius 2 is 1.88 bits per heavy atom. The molecular formula is C18H22N4O4. The van der Waals surface area contributed by atoms with Crippen molar-refractivity contribution in [3.63, 3.8) is 0 Å². The summed E-state index contributed by atoms with van der Waals surface area (Å²) in [6.07, 6.45) is 1.32. The molecule has 2 aromatic rings. The molecule has 8 heteroatoms. The van der Waals surface area contributed by atoms with Crippen molar-refractivity contribution in [2.45, 2.75) is 13.0 Å². The van der Waals surface area contributed by atoms with E-state index in [-0.39, 0.29) is 11.9 Å². The summed E-state index contributed by atoms with van der Waals surface area (Å²) in [5, 5.41) is 8.65. The van der Waals surface area contributed by atoms with Gasteiger partial charge in [0.25, 0.3) is 0 Å². The van der Waals surface area contributed by atoms with Gasteiger partial charge < -0.3 is 14.6 Å². The quantitative estimate of drug-likeness (QED) is 0.778. The fourth-order valence-corrected chi connectivity index (χ4v) is 2.86. The number of morpholine rings is 1. The number of anilines is 1. The van der Waals surface area contributed by atoms with Gasteiger partial charge in [-0.1, -0.05) is 35.0 Å². The Kier molecular flexibility index (Phi) is 5.98. The van der Waals surface area contributed by atoms with Gasteiger partial charge >= 0.3 is 11.8 Å². The van der Waals surface area contributed by atoms with Gasteiger partial charge in [0.1, 0.15) is 6.26 Å². The number of nitrogens with one attached hydrogen (secondary N) is 2. The highest BCUT2D eigenvalue weighted by molar-refractivity contribution is 6.39. The van der Waals surface area contributed by atoms with Crippen molar-refractivity contribution in [2.24, 2.45) is 0 Å². The van der Waals surface area contributed by atoms with Crippen LogP contribution in [0, 0.1) is 6.92 Å². The zero-order valence-corrected chi connectivity index (χ0v) is 14.6. The van der Waals surface area contributed by atoms with E-state index >= 15 is 0 Å². The second-order valence-corrected chi connectivity index (χ2v) is 6.12. The number of ether oxygens (including phenoxy) is 1. The molecule has 1 atom stereocenters. The standard InChI is InChI=1S/C18H22N4O4/c1-13-2-4-14(5-3-13)15(22-7-10-25-11-8-22)12-19-17(23)18(24)20-16-6-9-26-21-16/h2-6,9,15H,7-8,10-12H2,1H3,(H,19,23)(H,20,21,24)/t15-/m0/s1. The maximum atomic E-state index is 12.1. The number of hydrogen-bond donors (Lipinski definition) is 2. The van der Waals surface area contributed by atoms with Crippen LogP contribution in [-0.4, -0.2) is 54.7 Å². The molecule has 3 rings (SSSR count). The molecule has 2 N–H and O–H groups in total. The van der Waals surface area contributed by atoms with E-state index in [4.69, 9.17) is 4.74 Å². The lowest BCUT2D eigenvalue weighted by atomic mass is 10.0. The first-order valence-corrected chi connectivity index (χ1v) is 8.51. The summed E-state index contributed by atoms with van der Waals surface area (Å²) in [4.78, 5) is 26.3. The van der Waals surface area contributed by atoms with Crippen LogP contribution in [0.25, 0.3) is 0 Å². The molecule has 0 unspecified atom stereocenters. The highest BCUT2D eigenvalue weighted by atomic mass is 16.5. The van der Waals surface area contributed by atoms with Gasteiger partial charge in [-0.2, -0.15) is 0 Å². The summed E-state index contributed by atoms with van der Waals surface area (Å²) < 4.78 is 10.0. The lowest BCUT2D eigenvalue weighted by Gasteiger charge is -2.34. The number of rotatable bonds is 5. The number of carbonyl (C=O) groups excluding carboxylic acids is 2. The van der Waals surface area contributed by atoms with E-state index in [0.29, 0.717) is 19.8 Å². The van der Waals surface area contributed by atoms with Gasteiger partial charge in [-0.15, -0.1) is 0 Å². The Morgan fingerprint density at radius 1 is 1.15 bits per heavy atom. The predicted octanol–water partition coefficient (Wildman–Crippen LogP) is 1.11. The molecule has 1 aromatic heterocycles. The Balaban J connectivity index is 1.64. The van der Waals surface area contributed by atoms with E-state index in [1.807, 2.05) is 19.1 Å². The lowest BCUT2D eigenvalue weighted by molar-refractivity contribution is -0.136. The highest BCUT2D eigenvalue weighted by Crippen LogP contribution is 2.21. The van der Waals surface area contributed by atoms with Gasteiger partial charge in [0, 0.05) is 25.7 Å². The Hall–Kier alpha value is -2.71. The predicted molar refractivity (Wildman–Crippen MR) is 94.5 cm³/mol. The highest BCUT2D eigenvalue weighted by Gasteiger charge is 2.24. The van der Waals surface area contributed by atoms with E-state index in [2.05, 4.69) is 37.3 Å². The number of aryl methyl sites for hydroxylation is 1. The van der Waals surface area contributed by atoms with Gasteiger partial charge in [-0.25, -0.2) is 0 Å². The molecule has 138 valence electrons. The third-order valence-corrected chi connectivity index (χ3v) is 4.29. The molecule has 0 bridgehead atoms. The summed E-state index contributed by atoms with van der Waals surface area (Å²) >= 11 is 0. The largest absolute Gasteiger partial charge is 0.379 e. The zero-order valence-electron chi connectivity index (χ0n) is 14.6. The summed E-state index contributed by atoms with van der Waals surface area (Å²) in [6.45, 7) is 5.22. The maximum Gasteiger partial charge on any atom is 0.314 e. The average molecular weight is 358 g/mol. The molecule has 26 heavy (non-hydrogen) atoms. The van der Waals surface area contributed by atoms with Crippen molar-refractivity contribution in [3.05, 3.63) is 47.7 Å². The van der Waals surface area contributed by atoms with Crippen LogP contribution in [0.2, 0.25) is 0 Å². The van der Waals surface area contributed by atoms with E-state index in [1.165, 1.54) is 17.9 Å². The molecular weight excluding hydrogens is 336 g/mol. The molecule has 1 aliphatic rings. The Morgan fingerprint density at radius 3 is 2.54 bits per heavy atom. The van der Waals surface area contributed by atoms with Gasteiger partial charge in [0.2, 0.25) is 0 Å². The van der Waals surface area contributed by atoms with E-state index in [0.717, 1.165) is 18.7 Å². The third-order valence-electron chi connectivity index (χ3n) is 4.29. The summed E-state index contributed by atoms with van der Waals surface area (Å²) in [7, 11) is 0. The zero-order chi connectivity index (χ0) is 18.4. The van der Waals surface area contributed by atoms with Crippen molar-refractivity contribution in [2.75, 3.05) is 38.2 Å². The van der Waals surface area contributed by atoms with Crippen LogP contribution in [0.15, 0.2) is 41.1 Å². The van der Waals surface area contributed by atoms with Gasteiger partial charge in [0.15, 0.2) is 5.82 Å². The number of aromatic nitrogens is 1. The molecule has 8 nitrogen and oxygen atoms in total. The molecule has 0 aliphatic carbocycles. The fourth-order valence-electron chi connectivity index (χ4n) is 2.86. The van der Waals surface area contributed by atoms with Crippen LogP contribution >= 0.6 is 0 Å². The minimum Gasteiger partial charge on any atom is -0.379 e. The molecule has 1 aromatic carbocycles. The topological polar surface area (TPSA) is 96.7 Å². The number of hydrogen-bond acceptors (Lipinski definition) is 6. The van der Waals surface area contributed by atoms with E-state index < -0.39 is 11.8 Å². The Labute approximate surface area is 151 Å². The molecule has 0 spiro atoms. The molecule has 0 saturated carbocycles. The number of amides is 2. The summed E-state index contributed by atoms with van der Waals surface area (Å²) in [5.41, 5.74) is 2.26. The minimum absolute atomic E-state index is 0.0247. The van der Waals surface area contributed by atoms with Gasteiger partial charge in [0.05, 0.1) is 19.3 Å². The second-order valence-electron chi connectivity index (χ2n) is 6.12. The summed E-state index contributed by atoms with van der Waals surface area (Å²) in [5.74, 6) is -1.28. The van der Waals surface area contributed by atoms with Gasteiger partial charge in [-0.05, 0) is 12.5 Å². The SMILES string of the molecule is Cc1ccc([C@H](CNC(=O)C(=O)Nc2ccon2)N2CCOCC2)cc1. The first kappa shape index (κ1) is 18.1. The lowest BCUT2D eigenvalue weighted by Crippen LogP contribution is -2.45. The minimum atomic E-state index is -0.775. The van der Waals surface area contributed by atoms with Crippen molar-refractivity contribution < 1.29 is 18.8 Å². The van der Waals surface area contributed by atoms with Crippen LogP contribution in [0.5, 0.6) is 0 Å². The van der Waals surface area contributed by atoms with Gasteiger partial charge in [-0.3, -0.25) is 19.8 Å². The monoisotopic (exact) mass is 358 g/mol. The van der Waals surface area contributed by atoms with Crippen LogP contribution < -0.4 is 10.6 Å². The van der Waals surface area contributed by atoms with Crippen LogP contribution in [0.3, 0.4) is 0 Å². The maximum absolute atomic E-state index is 12.1. The first-order valence-electron chi connectivity index (χ1n) is 8.51. The third kappa shape index (κ3) is 4.68. The van der Waals surface area contributed by atoms with Crippen LogP contribution in [0.1, 0.15) is 17.2 Å². The second kappa shape index (κ2) is 8.59. The molecule has 0 radical (unpaired) electrons. The van der Waals surface area contributed by atoms with Crippen molar-refractivity contribution in [3.8, 4) is 0 Å². The molecule has 1 aliphatic heterocycles.